The first-order valence-corrected chi connectivity index (χ1v) is 12.0. The van der Waals surface area contributed by atoms with Crippen molar-refractivity contribution in [1.29, 1.82) is 0 Å². The number of hydrogen-bond acceptors (Lipinski definition) is 5. The molecular formula is C18H18ClNO6S2. The third kappa shape index (κ3) is 4.38. The molecule has 1 fully saturated rings. The summed E-state index contributed by atoms with van der Waals surface area (Å²) in [4.78, 5) is 10.9. The summed E-state index contributed by atoms with van der Waals surface area (Å²) in [7, 11) is -7.59. The number of aromatic carboxylic acids is 1. The summed E-state index contributed by atoms with van der Waals surface area (Å²) in [6.07, 6.45) is 0.171. The number of carboxylic acids is 1. The molecule has 1 heterocycles. The lowest BCUT2D eigenvalue weighted by molar-refractivity contribution is 0.0696. The standard InChI is InChI=1S/C18H18ClNO6S2/c19-16-7-6-14(18(21)22)10-17(16)28(25,26)20(11-13-4-2-1-3-5-13)15-8-9-27(23,24)12-15/h1-7,10,15H,8-9,11-12H2,(H,21,22)/t15-/m0/s1. The highest BCUT2D eigenvalue weighted by molar-refractivity contribution is 7.92. The van der Waals surface area contributed by atoms with Gasteiger partial charge in [0.15, 0.2) is 9.84 Å². The second-order valence-electron chi connectivity index (χ2n) is 6.54. The zero-order chi connectivity index (χ0) is 20.5. The Morgan fingerprint density at radius 1 is 1.18 bits per heavy atom. The van der Waals surface area contributed by atoms with Crippen molar-refractivity contribution in [3.05, 3.63) is 64.7 Å². The maximum atomic E-state index is 13.4. The number of carboxylic acid groups (broad SMARTS) is 1. The predicted octanol–water partition coefficient (Wildman–Crippen LogP) is 2.42. The molecule has 150 valence electrons. The monoisotopic (exact) mass is 443 g/mol. The van der Waals surface area contributed by atoms with Crippen LogP contribution in [-0.4, -0.2) is 49.8 Å². The number of hydrogen-bond donors (Lipinski definition) is 1. The van der Waals surface area contributed by atoms with Gasteiger partial charge in [-0.1, -0.05) is 41.9 Å². The summed E-state index contributed by atoms with van der Waals surface area (Å²) >= 11 is 6.08. The van der Waals surface area contributed by atoms with Crippen molar-refractivity contribution in [1.82, 2.24) is 4.31 Å². The molecular weight excluding hydrogens is 426 g/mol. The van der Waals surface area contributed by atoms with Gasteiger partial charge in [-0.05, 0) is 30.2 Å². The van der Waals surface area contributed by atoms with Gasteiger partial charge < -0.3 is 5.11 Å². The van der Waals surface area contributed by atoms with Gasteiger partial charge in [-0.2, -0.15) is 4.31 Å². The van der Waals surface area contributed by atoms with Crippen molar-refractivity contribution in [3.63, 3.8) is 0 Å². The molecule has 0 saturated carbocycles. The van der Waals surface area contributed by atoms with Crippen molar-refractivity contribution < 1.29 is 26.7 Å². The van der Waals surface area contributed by atoms with E-state index in [-0.39, 0.29) is 40.0 Å². The van der Waals surface area contributed by atoms with Gasteiger partial charge in [0.25, 0.3) is 0 Å². The van der Waals surface area contributed by atoms with Crippen LogP contribution in [0.4, 0.5) is 0 Å². The average Bonchev–Trinajstić information content (AvgIpc) is 2.99. The minimum atomic E-state index is -4.25. The van der Waals surface area contributed by atoms with Crippen LogP contribution in [0.1, 0.15) is 22.3 Å². The number of carbonyl (C=O) groups is 1. The number of nitrogens with zero attached hydrogens (tertiary/aromatic N) is 1. The van der Waals surface area contributed by atoms with Gasteiger partial charge in [0.2, 0.25) is 10.0 Å². The quantitative estimate of drug-likeness (QED) is 0.734. The Labute approximate surface area is 168 Å². The molecule has 0 aliphatic carbocycles. The van der Waals surface area contributed by atoms with Gasteiger partial charge in [-0.3, -0.25) is 0 Å². The lowest BCUT2D eigenvalue weighted by Crippen LogP contribution is -2.40. The van der Waals surface area contributed by atoms with Crippen LogP contribution in [0.3, 0.4) is 0 Å². The van der Waals surface area contributed by atoms with Crippen LogP contribution in [0.25, 0.3) is 0 Å². The van der Waals surface area contributed by atoms with E-state index in [4.69, 9.17) is 11.6 Å². The van der Waals surface area contributed by atoms with Crippen LogP contribution in [0, 0.1) is 0 Å². The molecule has 7 nitrogen and oxygen atoms in total. The minimum Gasteiger partial charge on any atom is -0.478 e. The molecule has 0 radical (unpaired) electrons. The smallest absolute Gasteiger partial charge is 0.335 e. The van der Waals surface area contributed by atoms with E-state index >= 15 is 0 Å². The van der Waals surface area contributed by atoms with E-state index in [1.54, 1.807) is 30.3 Å². The minimum absolute atomic E-state index is 0.0447. The van der Waals surface area contributed by atoms with Crippen molar-refractivity contribution in [2.75, 3.05) is 11.5 Å². The van der Waals surface area contributed by atoms with Gasteiger partial charge in [0.1, 0.15) is 4.90 Å². The number of sulfone groups is 1. The van der Waals surface area contributed by atoms with Crippen LogP contribution in [-0.2, 0) is 26.4 Å². The molecule has 1 aliphatic heterocycles. The van der Waals surface area contributed by atoms with Crippen LogP contribution < -0.4 is 0 Å². The molecule has 0 unspecified atom stereocenters. The molecule has 28 heavy (non-hydrogen) atoms. The fourth-order valence-electron chi connectivity index (χ4n) is 3.14. The second-order valence-corrected chi connectivity index (χ2v) is 11.0. The zero-order valence-electron chi connectivity index (χ0n) is 14.7. The van der Waals surface area contributed by atoms with Gasteiger partial charge in [0.05, 0.1) is 22.1 Å². The number of sulfonamides is 1. The van der Waals surface area contributed by atoms with E-state index in [1.165, 1.54) is 12.1 Å². The first-order chi connectivity index (χ1) is 13.1. The van der Waals surface area contributed by atoms with Gasteiger partial charge in [-0.15, -0.1) is 0 Å². The summed E-state index contributed by atoms with van der Waals surface area (Å²) in [6, 6.07) is 11.4. The van der Waals surface area contributed by atoms with Crippen molar-refractivity contribution in [3.8, 4) is 0 Å². The fourth-order valence-corrected chi connectivity index (χ4v) is 7.11. The molecule has 1 atom stereocenters. The van der Waals surface area contributed by atoms with Gasteiger partial charge >= 0.3 is 5.97 Å². The summed E-state index contributed by atoms with van der Waals surface area (Å²) < 4.78 is 51.8. The van der Waals surface area contributed by atoms with E-state index in [1.807, 2.05) is 0 Å². The maximum Gasteiger partial charge on any atom is 0.335 e. The van der Waals surface area contributed by atoms with Crippen molar-refractivity contribution in [2.45, 2.75) is 23.9 Å². The summed E-state index contributed by atoms with van der Waals surface area (Å²) in [5, 5.41) is 9.07. The third-order valence-electron chi connectivity index (χ3n) is 4.56. The Balaban J connectivity index is 2.08. The maximum absolute atomic E-state index is 13.4. The van der Waals surface area contributed by atoms with Crippen molar-refractivity contribution in [2.24, 2.45) is 0 Å². The Kier molecular flexibility index (Phi) is 5.81. The topological polar surface area (TPSA) is 109 Å². The average molecular weight is 444 g/mol. The SMILES string of the molecule is O=C(O)c1ccc(Cl)c(S(=O)(=O)N(Cc2ccccc2)[C@H]2CCS(=O)(=O)C2)c1. The largest absolute Gasteiger partial charge is 0.478 e. The summed E-state index contributed by atoms with van der Waals surface area (Å²) in [5.74, 6) is -1.66. The van der Waals surface area contributed by atoms with Crippen LogP contribution in [0.15, 0.2) is 53.4 Å². The normalized spacial score (nSPS) is 19.0. The molecule has 0 spiro atoms. The molecule has 1 N–H and O–H groups in total. The third-order valence-corrected chi connectivity index (χ3v) is 8.69. The van der Waals surface area contributed by atoms with Crippen LogP contribution >= 0.6 is 11.6 Å². The highest BCUT2D eigenvalue weighted by atomic mass is 35.5. The molecule has 1 saturated heterocycles. The van der Waals surface area contributed by atoms with Crippen molar-refractivity contribution >= 4 is 37.4 Å². The lowest BCUT2D eigenvalue weighted by atomic mass is 10.2. The Hall–Kier alpha value is -1.94. The molecule has 0 aromatic heterocycles. The number of benzene rings is 2. The fraction of sp³-hybridized carbons (Fsp3) is 0.278. The number of halogens is 1. The molecule has 2 aromatic carbocycles. The lowest BCUT2D eigenvalue weighted by Gasteiger charge is -2.28. The first kappa shape index (κ1) is 20.8. The van der Waals surface area contributed by atoms with Crippen LogP contribution in [0.5, 0.6) is 0 Å². The Morgan fingerprint density at radius 3 is 2.43 bits per heavy atom. The molecule has 3 rings (SSSR count). The highest BCUT2D eigenvalue weighted by Crippen LogP contribution is 2.31. The molecule has 0 bridgehead atoms. The van der Waals surface area contributed by atoms with Crippen LogP contribution in [0.2, 0.25) is 5.02 Å². The van der Waals surface area contributed by atoms with E-state index < -0.39 is 31.9 Å². The van der Waals surface area contributed by atoms with E-state index in [2.05, 4.69) is 0 Å². The number of rotatable bonds is 6. The van der Waals surface area contributed by atoms with E-state index in [0.717, 1.165) is 10.4 Å². The predicted molar refractivity (Wildman–Crippen MR) is 105 cm³/mol. The molecule has 0 amide bonds. The second kappa shape index (κ2) is 7.82. The Morgan fingerprint density at radius 2 is 1.86 bits per heavy atom. The Bertz CT molecular complexity index is 1100. The molecule has 10 heteroatoms. The van der Waals surface area contributed by atoms with E-state index in [9.17, 15) is 26.7 Å². The summed E-state index contributed by atoms with van der Waals surface area (Å²) in [6.45, 7) is -0.0447. The van der Waals surface area contributed by atoms with Gasteiger partial charge in [0, 0.05) is 12.6 Å². The highest BCUT2D eigenvalue weighted by Gasteiger charge is 2.39. The van der Waals surface area contributed by atoms with E-state index in [0.29, 0.717) is 5.56 Å². The van der Waals surface area contributed by atoms with Gasteiger partial charge in [-0.25, -0.2) is 21.6 Å². The summed E-state index contributed by atoms with van der Waals surface area (Å²) in [5.41, 5.74) is 0.461. The zero-order valence-corrected chi connectivity index (χ0v) is 17.0. The first-order valence-electron chi connectivity index (χ1n) is 8.39. The molecule has 1 aliphatic rings. The molecule has 2 aromatic rings.